The lowest BCUT2D eigenvalue weighted by Crippen LogP contribution is -2.46. The molecule has 0 saturated heterocycles. The van der Waals surface area contributed by atoms with Crippen LogP contribution >= 0.6 is 0 Å². The molecule has 0 aliphatic carbocycles. The van der Waals surface area contributed by atoms with Crippen molar-refractivity contribution in [3.05, 3.63) is 35.4 Å². The van der Waals surface area contributed by atoms with Crippen molar-refractivity contribution in [2.45, 2.75) is 52.2 Å². The van der Waals surface area contributed by atoms with E-state index in [1.54, 1.807) is 32.9 Å². The molecule has 0 spiro atoms. The number of benzene rings is 1. The van der Waals surface area contributed by atoms with Crippen LogP contribution in [0.3, 0.4) is 0 Å². The van der Waals surface area contributed by atoms with Gasteiger partial charge in [-0.1, -0.05) is 17.7 Å². The molecule has 2 amide bonds. The van der Waals surface area contributed by atoms with Crippen molar-refractivity contribution >= 4 is 17.8 Å². The number of aryl methyl sites for hydroxylation is 1. The average molecular weight is 334 g/mol. The van der Waals surface area contributed by atoms with Gasteiger partial charge in [-0.25, -0.2) is 0 Å². The van der Waals surface area contributed by atoms with E-state index in [9.17, 15) is 14.4 Å². The number of hydrogen-bond donors (Lipinski definition) is 2. The molecule has 0 radical (unpaired) electrons. The highest BCUT2D eigenvalue weighted by Crippen LogP contribution is 2.11. The van der Waals surface area contributed by atoms with Gasteiger partial charge in [0.15, 0.2) is 0 Å². The molecule has 0 bridgehead atoms. The van der Waals surface area contributed by atoms with Crippen molar-refractivity contribution in [1.82, 2.24) is 10.6 Å². The summed E-state index contributed by atoms with van der Waals surface area (Å²) in [7, 11) is 1.49. The number of carbonyl (C=O) groups excluding carboxylic acids is 3. The van der Waals surface area contributed by atoms with Gasteiger partial charge >= 0.3 is 5.97 Å². The summed E-state index contributed by atoms with van der Waals surface area (Å²) in [6, 6.07) is 6.24. The molecule has 6 nitrogen and oxygen atoms in total. The summed E-state index contributed by atoms with van der Waals surface area (Å²) >= 11 is 0. The third-order valence-electron chi connectivity index (χ3n) is 3.24. The van der Waals surface area contributed by atoms with E-state index in [4.69, 9.17) is 4.74 Å². The van der Waals surface area contributed by atoms with E-state index in [0.29, 0.717) is 5.56 Å². The highest BCUT2D eigenvalue weighted by molar-refractivity contribution is 5.97. The Morgan fingerprint density at radius 2 is 1.71 bits per heavy atom. The predicted molar refractivity (Wildman–Crippen MR) is 91.6 cm³/mol. The Morgan fingerprint density at radius 1 is 1.12 bits per heavy atom. The van der Waals surface area contributed by atoms with Crippen LogP contribution in [0.1, 0.15) is 49.5 Å². The minimum Gasteiger partial charge on any atom is -0.460 e. The van der Waals surface area contributed by atoms with E-state index in [0.717, 1.165) is 5.56 Å². The number of carbonyl (C=O) groups is 3. The second kappa shape index (κ2) is 8.47. The summed E-state index contributed by atoms with van der Waals surface area (Å²) < 4.78 is 5.22. The van der Waals surface area contributed by atoms with Gasteiger partial charge in [-0.2, -0.15) is 0 Å². The van der Waals surface area contributed by atoms with E-state index in [-0.39, 0.29) is 24.7 Å². The van der Waals surface area contributed by atoms with Gasteiger partial charge < -0.3 is 15.4 Å². The molecule has 1 aromatic carbocycles. The van der Waals surface area contributed by atoms with Gasteiger partial charge in [0.1, 0.15) is 11.6 Å². The zero-order valence-electron chi connectivity index (χ0n) is 14.9. The lowest BCUT2D eigenvalue weighted by molar-refractivity contribution is -0.155. The average Bonchev–Trinajstić information content (AvgIpc) is 2.49. The molecule has 1 atom stereocenters. The molecular weight excluding hydrogens is 308 g/mol. The van der Waals surface area contributed by atoms with E-state index >= 15 is 0 Å². The van der Waals surface area contributed by atoms with Crippen LogP contribution in [-0.4, -0.2) is 36.5 Å². The van der Waals surface area contributed by atoms with Crippen LogP contribution in [0.15, 0.2) is 24.3 Å². The monoisotopic (exact) mass is 334 g/mol. The first-order valence-corrected chi connectivity index (χ1v) is 7.93. The second-order valence-electron chi connectivity index (χ2n) is 6.63. The SMILES string of the molecule is CNC(=O)[C@H](CCC(=O)OC(C)(C)C)NC(=O)c1ccc(C)cc1. The van der Waals surface area contributed by atoms with Crippen LogP contribution in [0.2, 0.25) is 0 Å². The molecule has 1 rings (SSSR count). The maximum absolute atomic E-state index is 12.3. The Morgan fingerprint density at radius 3 is 2.21 bits per heavy atom. The third-order valence-corrected chi connectivity index (χ3v) is 3.24. The molecule has 0 saturated carbocycles. The van der Waals surface area contributed by atoms with E-state index in [1.807, 2.05) is 19.1 Å². The fourth-order valence-electron chi connectivity index (χ4n) is 2.04. The molecule has 0 aromatic heterocycles. The Balaban J connectivity index is 2.68. The van der Waals surface area contributed by atoms with Crippen molar-refractivity contribution in [1.29, 1.82) is 0 Å². The summed E-state index contributed by atoms with van der Waals surface area (Å²) in [6.07, 6.45) is 0.218. The van der Waals surface area contributed by atoms with Gasteiger partial charge in [0.25, 0.3) is 5.91 Å². The van der Waals surface area contributed by atoms with Crippen molar-refractivity contribution < 1.29 is 19.1 Å². The van der Waals surface area contributed by atoms with Gasteiger partial charge in [0, 0.05) is 19.0 Å². The predicted octanol–water partition coefficient (Wildman–Crippen LogP) is 1.96. The molecular formula is C18H26N2O4. The normalized spacial score (nSPS) is 12.2. The Labute approximate surface area is 143 Å². The van der Waals surface area contributed by atoms with Crippen LogP contribution in [0.25, 0.3) is 0 Å². The number of rotatable bonds is 6. The minimum absolute atomic E-state index is 0.0452. The maximum Gasteiger partial charge on any atom is 0.306 e. The largest absolute Gasteiger partial charge is 0.460 e. The Kier molecular flexibility index (Phi) is 6.95. The van der Waals surface area contributed by atoms with Gasteiger partial charge in [-0.05, 0) is 46.2 Å². The van der Waals surface area contributed by atoms with E-state index in [1.165, 1.54) is 7.05 Å². The number of nitrogens with one attached hydrogen (secondary N) is 2. The van der Waals surface area contributed by atoms with Crippen molar-refractivity contribution in [2.75, 3.05) is 7.05 Å². The molecule has 6 heteroatoms. The standard InChI is InChI=1S/C18H26N2O4/c1-12-6-8-13(9-7-12)16(22)20-14(17(23)19-5)10-11-15(21)24-18(2,3)4/h6-9,14H,10-11H2,1-5H3,(H,19,23)(H,20,22)/t14-/m0/s1. The molecule has 0 aliphatic heterocycles. The van der Waals surface area contributed by atoms with E-state index < -0.39 is 17.6 Å². The molecule has 0 unspecified atom stereocenters. The second-order valence-corrected chi connectivity index (χ2v) is 6.63. The first-order chi connectivity index (χ1) is 11.1. The number of ether oxygens (including phenoxy) is 1. The first kappa shape index (κ1) is 19.7. The fourth-order valence-corrected chi connectivity index (χ4v) is 2.04. The Bertz CT molecular complexity index is 588. The van der Waals surface area contributed by atoms with Crippen LogP contribution in [-0.2, 0) is 14.3 Å². The number of hydrogen-bond acceptors (Lipinski definition) is 4. The smallest absolute Gasteiger partial charge is 0.306 e. The highest BCUT2D eigenvalue weighted by atomic mass is 16.6. The van der Waals surface area contributed by atoms with Crippen molar-refractivity contribution in [2.24, 2.45) is 0 Å². The first-order valence-electron chi connectivity index (χ1n) is 7.93. The summed E-state index contributed by atoms with van der Waals surface area (Å²) in [6.45, 7) is 7.26. The van der Waals surface area contributed by atoms with Crippen LogP contribution in [0.4, 0.5) is 0 Å². The lowest BCUT2D eigenvalue weighted by atomic mass is 10.1. The van der Waals surface area contributed by atoms with Crippen molar-refractivity contribution in [3.63, 3.8) is 0 Å². The van der Waals surface area contributed by atoms with Crippen LogP contribution in [0, 0.1) is 6.92 Å². The molecule has 2 N–H and O–H groups in total. The van der Waals surface area contributed by atoms with Gasteiger partial charge in [-0.15, -0.1) is 0 Å². The zero-order valence-corrected chi connectivity index (χ0v) is 14.9. The zero-order chi connectivity index (χ0) is 18.3. The molecule has 0 fully saturated rings. The van der Waals surface area contributed by atoms with E-state index in [2.05, 4.69) is 10.6 Å². The summed E-state index contributed by atoms with van der Waals surface area (Å²) in [4.78, 5) is 36.0. The number of amides is 2. The molecule has 132 valence electrons. The third kappa shape index (κ3) is 6.81. The van der Waals surface area contributed by atoms with Crippen LogP contribution < -0.4 is 10.6 Å². The number of likely N-dealkylation sites (N-methyl/N-ethyl adjacent to an activating group) is 1. The Hall–Kier alpha value is -2.37. The summed E-state index contributed by atoms with van der Waals surface area (Å²) in [5, 5.41) is 5.16. The molecule has 24 heavy (non-hydrogen) atoms. The minimum atomic E-state index is -0.795. The van der Waals surface area contributed by atoms with Gasteiger partial charge in [-0.3, -0.25) is 14.4 Å². The fraction of sp³-hybridized carbons (Fsp3) is 0.500. The summed E-state index contributed by atoms with van der Waals surface area (Å²) in [5.74, 6) is -1.10. The van der Waals surface area contributed by atoms with Gasteiger partial charge in [0.05, 0.1) is 0 Å². The molecule has 0 aliphatic rings. The van der Waals surface area contributed by atoms with Gasteiger partial charge in [0.2, 0.25) is 5.91 Å². The van der Waals surface area contributed by atoms with Crippen molar-refractivity contribution in [3.8, 4) is 0 Å². The lowest BCUT2D eigenvalue weighted by Gasteiger charge is -2.21. The topological polar surface area (TPSA) is 84.5 Å². The quantitative estimate of drug-likeness (QED) is 0.779. The maximum atomic E-state index is 12.3. The summed E-state index contributed by atoms with van der Waals surface area (Å²) in [5.41, 5.74) is 0.927. The number of esters is 1. The highest BCUT2D eigenvalue weighted by Gasteiger charge is 2.23. The molecule has 0 heterocycles. The van der Waals surface area contributed by atoms with Crippen LogP contribution in [0.5, 0.6) is 0 Å². The molecule has 1 aromatic rings.